The van der Waals surface area contributed by atoms with Gasteiger partial charge >= 0.3 is 0 Å². The van der Waals surface area contributed by atoms with E-state index in [1.807, 2.05) is 11.3 Å². The Kier molecular flexibility index (Phi) is 8.50. The monoisotopic (exact) mass is 845 g/mol. The number of hydrogen-bond acceptors (Lipinski definition) is 2. The van der Waals surface area contributed by atoms with Crippen molar-refractivity contribution >= 4 is 48.6 Å². The third kappa shape index (κ3) is 5.51. The fraction of sp³-hybridized carbons (Fsp3) is 0.0476. The van der Waals surface area contributed by atoms with Crippen molar-refractivity contribution in [2.75, 3.05) is 4.90 Å². The van der Waals surface area contributed by atoms with Crippen molar-refractivity contribution in [3.05, 3.63) is 282 Å². The van der Waals surface area contributed by atoms with E-state index in [-0.39, 0.29) is 5.41 Å². The maximum Gasteiger partial charge on any atom is 0.0713 e. The maximum absolute atomic E-state index is 2.46. The molecular weight excluding hydrogens is 803 g/mol. The van der Waals surface area contributed by atoms with Crippen LogP contribution in [0.25, 0.3) is 53.6 Å². The van der Waals surface area contributed by atoms with Gasteiger partial charge in [-0.2, -0.15) is 0 Å². The van der Waals surface area contributed by atoms with E-state index in [0.29, 0.717) is 0 Å². The Hall–Kier alpha value is -7.78. The first-order chi connectivity index (χ1) is 32.1. The van der Waals surface area contributed by atoms with Crippen molar-refractivity contribution in [3.8, 4) is 33.4 Å². The van der Waals surface area contributed by atoms with E-state index in [0.717, 1.165) is 17.1 Å². The third-order valence-corrected chi connectivity index (χ3v) is 15.7. The van der Waals surface area contributed by atoms with Crippen LogP contribution in [0, 0.1) is 0 Å². The van der Waals surface area contributed by atoms with Gasteiger partial charge in [0.15, 0.2) is 0 Å². The highest BCUT2D eigenvalue weighted by molar-refractivity contribution is 7.26. The SMILES string of the molecule is CC1(c2ccccc2)c2ccccc2-c2ccc(N(c3ccc(-c4cccc5c4sc4ccccc45)cc3)c3ccc(C4(c5ccccc5)c5ccccc5-c5ccccc54)cc3)cc21. The van der Waals surface area contributed by atoms with Crippen LogP contribution in [0.15, 0.2) is 243 Å². The highest BCUT2D eigenvalue weighted by Gasteiger charge is 2.46. The van der Waals surface area contributed by atoms with Gasteiger partial charge in [-0.3, -0.25) is 0 Å². The Morgan fingerprint density at radius 2 is 0.815 bits per heavy atom. The first kappa shape index (κ1) is 37.7. The predicted octanol–water partition coefficient (Wildman–Crippen LogP) is 16.9. The van der Waals surface area contributed by atoms with Crippen LogP contribution in [0.1, 0.15) is 45.9 Å². The second-order valence-electron chi connectivity index (χ2n) is 17.7. The molecule has 1 aromatic heterocycles. The molecule has 0 aliphatic heterocycles. The molecule has 1 heterocycles. The maximum atomic E-state index is 2.46. The second kappa shape index (κ2) is 14.6. The number of anilines is 3. The Bertz CT molecular complexity index is 3560. The van der Waals surface area contributed by atoms with Crippen LogP contribution < -0.4 is 4.90 Å². The molecule has 0 bridgehead atoms. The van der Waals surface area contributed by atoms with Gasteiger partial charge in [0.25, 0.3) is 0 Å². The summed E-state index contributed by atoms with van der Waals surface area (Å²) in [5.74, 6) is 0. The van der Waals surface area contributed by atoms with Gasteiger partial charge < -0.3 is 4.90 Å². The summed E-state index contributed by atoms with van der Waals surface area (Å²) in [5.41, 5.74) is 19.3. The summed E-state index contributed by atoms with van der Waals surface area (Å²) in [4.78, 5) is 2.45. The second-order valence-corrected chi connectivity index (χ2v) is 18.7. The molecule has 0 N–H and O–H groups in total. The molecule has 1 nitrogen and oxygen atoms in total. The minimum atomic E-state index is -0.468. The molecule has 0 fully saturated rings. The van der Waals surface area contributed by atoms with Gasteiger partial charge in [0.05, 0.1) is 5.41 Å². The fourth-order valence-corrected chi connectivity index (χ4v) is 12.7. The molecule has 65 heavy (non-hydrogen) atoms. The Labute approximate surface area is 384 Å². The number of fused-ring (bicyclic) bond motifs is 9. The topological polar surface area (TPSA) is 3.24 Å². The molecule has 0 saturated carbocycles. The van der Waals surface area contributed by atoms with Crippen molar-refractivity contribution in [1.82, 2.24) is 0 Å². The molecular formula is C63H43NS. The van der Waals surface area contributed by atoms with Crippen LogP contribution in [-0.2, 0) is 10.8 Å². The molecule has 0 spiro atoms. The zero-order chi connectivity index (χ0) is 43.1. The van der Waals surface area contributed by atoms with Crippen molar-refractivity contribution in [2.45, 2.75) is 17.8 Å². The zero-order valence-electron chi connectivity index (χ0n) is 35.9. The van der Waals surface area contributed by atoms with E-state index in [2.05, 4.69) is 254 Å². The molecule has 2 aliphatic rings. The van der Waals surface area contributed by atoms with Gasteiger partial charge in [-0.1, -0.05) is 200 Å². The smallest absolute Gasteiger partial charge is 0.0713 e. The molecule has 13 rings (SSSR count). The Morgan fingerprint density at radius 3 is 1.49 bits per heavy atom. The van der Waals surface area contributed by atoms with E-state index in [1.54, 1.807) is 0 Å². The van der Waals surface area contributed by atoms with E-state index < -0.39 is 5.41 Å². The Morgan fingerprint density at radius 1 is 0.338 bits per heavy atom. The van der Waals surface area contributed by atoms with Crippen LogP contribution in [0.2, 0.25) is 0 Å². The van der Waals surface area contributed by atoms with Crippen molar-refractivity contribution in [1.29, 1.82) is 0 Å². The summed E-state index contributed by atoms with van der Waals surface area (Å²) in [7, 11) is 0. The minimum Gasteiger partial charge on any atom is -0.310 e. The quantitative estimate of drug-likeness (QED) is 0.154. The molecule has 2 aliphatic carbocycles. The molecule has 306 valence electrons. The minimum absolute atomic E-state index is 0.323. The predicted molar refractivity (Wildman–Crippen MR) is 274 cm³/mol. The van der Waals surface area contributed by atoms with Crippen molar-refractivity contribution < 1.29 is 0 Å². The molecule has 11 aromatic rings. The van der Waals surface area contributed by atoms with Crippen LogP contribution in [0.5, 0.6) is 0 Å². The molecule has 0 saturated heterocycles. The van der Waals surface area contributed by atoms with Gasteiger partial charge in [0, 0.05) is 42.6 Å². The van der Waals surface area contributed by atoms with Gasteiger partial charge in [0.1, 0.15) is 0 Å². The molecule has 2 heteroatoms. The zero-order valence-corrected chi connectivity index (χ0v) is 36.8. The lowest BCUT2D eigenvalue weighted by atomic mass is 9.68. The van der Waals surface area contributed by atoms with E-state index in [1.165, 1.54) is 92.5 Å². The van der Waals surface area contributed by atoms with Gasteiger partial charge in [-0.15, -0.1) is 11.3 Å². The number of rotatable bonds is 7. The normalized spacial score (nSPS) is 15.3. The van der Waals surface area contributed by atoms with Crippen LogP contribution in [0.4, 0.5) is 17.1 Å². The summed E-state index contributed by atoms with van der Waals surface area (Å²) in [6, 6.07) is 90.3. The number of benzene rings is 10. The summed E-state index contributed by atoms with van der Waals surface area (Å²) in [6.45, 7) is 2.40. The summed E-state index contributed by atoms with van der Waals surface area (Å²) >= 11 is 1.88. The van der Waals surface area contributed by atoms with Crippen LogP contribution in [-0.4, -0.2) is 0 Å². The lowest BCUT2D eigenvalue weighted by Gasteiger charge is -2.34. The number of hydrogen-bond donors (Lipinski definition) is 0. The van der Waals surface area contributed by atoms with E-state index in [4.69, 9.17) is 0 Å². The average molecular weight is 846 g/mol. The lowest BCUT2D eigenvalue weighted by molar-refractivity contribution is 0.714. The number of nitrogens with zero attached hydrogens (tertiary/aromatic N) is 1. The third-order valence-electron chi connectivity index (χ3n) is 14.5. The van der Waals surface area contributed by atoms with Crippen LogP contribution >= 0.6 is 11.3 Å². The average Bonchev–Trinajstić information content (AvgIpc) is 4.00. The highest BCUT2D eigenvalue weighted by atomic mass is 32.1. The first-order valence-corrected chi connectivity index (χ1v) is 23.4. The Balaban J connectivity index is 0.993. The standard InChI is InChI=1S/C63H43NS/c1-62(43-17-4-2-5-18-43)56-27-12-8-21-50(56)53-40-39-48(41-59(53)62)64(46-35-31-42(32-36-46)49-25-16-26-55-54-24-11-15-30-60(54)65-61(49)55)47-37-33-45(34-38-47)63(44-19-6-3-7-20-44)57-28-13-9-22-51(57)52-23-10-14-29-58(52)63/h2-41H,1H3. The fourth-order valence-electron chi connectivity index (χ4n) is 11.5. The lowest BCUT2D eigenvalue weighted by Crippen LogP contribution is -2.28. The molecule has 1 atom stereocenters. The number of thiophene rings is 1. The summed E-state index contributed by atoms with van der Waals surface area (Å²) in [6.07, 6.45) is 0. The summed E-state index contributed by atoms with van der Waals surface area (Å²) < 4.78 is 2.65. The molecule has 0 radical (unpaired) electrons. The molecule has 10 aromatic carbocycles. The van der Waals surface area contributed by atoms with Crippen molar-refractivity contribution in [2.24, 2.45) is 0 Å². The first-order valence-electron chi connectivity index (χ1n) is 22.6. The summed E-state index contributed by atoms with van der Waals surface area (Å²) in [5, 5.41) is 2.63. The van der Waals surface area contributed by atoms with E-state index >= 15 is 0 Å². The van der Waals surface area contributed by atoms with Crippen LogP contribution in [0.3, 0.4) is 0 Å². The molecule has 0 amide bonds. The van der Waals surface area contributed by atoms with Crippen molar-refractivity contribution in [3.63, 3.8) is 0 Å². The highest BCUT2D eigenvalue weighted by Crippen LogP contribution is 2.57. The van der Waals surface area contributed by atoms with E-state index in [9.17, 15) is 0 Å². The van der Waals surface area contributed by atoms with Gasteiger partial charge in [0.2, 0.25) is 0 Å². The van der Waals surface area contributed by atoms with Gasteiger partial charge in [-0.25, -0.2) is 0 Å². The van der Waals surface area contributed by atoms with Gasteiger partial charge in [-0.05, 0) is 122 Å². The largest absolute Gasteiger partial charge is 0.310 e. The molecule has 1 unspecified atom stereocenters.